The number of methoxy groups -OCH3 is 1. The summed E-state index contributed by atoms with van der Waals surface area (Å²) in [5.41, 5.74) is 6.47. The maximum absolute atomic E-state index is 14.4. The highest BCUT2D eigenvalue weighted by molar-refractivity contribution is 6.34. The molecule has 2 aromatic rings. The number of nitrogens with two attached hydrogens (primary N) is 1. The van der Waals surface area contributed by atoms with Crippen LogP contribution in [-0.2, 0) is 4.74 Å². The minimum atomic E-state index is -1.01. The lowest BCUT2D eigenvalue weighted by Crippen LogP contribution is -2.48. The van der Waals surface area contributed by atoms with E-state index < -0.39 is 6.17 Å². The van der Waals surface area contributed by atoms with Crippen LogP contribution in [0.3, 0.4) is 0 Å². The van der Waals surface area contributed by atoms with Crippen LogP contribution in [0.4, 0.5) is 16.2 Å². The average Bonchev–Trinajstić information content (AvgIpc) is 2.89. The molecule has 2 atom stereocenters. The minimum Gasteiger partial charge on any atom is -0.383 e. The monoisotopic (exact) mass is 342 g/mol. The molecule has 0 radical (unpaired) electrons. The molecule has 0 aliphatic carbocycles. The van der Waals surface area contributed by atoms with Gasteiger partial charge in [0, 0.05) is 32.9 Å². The number of halogens is 2. The van der Waals surface area contributed by atoms with Crippen LogP contribution in [0.15, 0.2) is 12.3 Å². The van der Waals surface area contributed by atoms with Crippen molar-refractivity contribution < 1.29 is 9.13 Å². The number of hydrogen-bond acceptors (Lipinski definition) is 6. The SMILES string of the molecule is COCCN1CC[C@H](Nc2nc(N)c3c(Cl)ccn3n2)[C@H](F)C1. The maximum Gasteiger partial charge on any atom is 0.243 e. The quantitative estimate of drug-likeness (QED) is 0.855. The number of ether oxygens (including phenoxy) is 1. The molecule has 0 spiro atoms. The van der Waals surface area contributed by atoms with Crippen LogP contribution >= 0.6 is 11.6 Å². The first-order chi connectivity index (χ1) is 11.1. The molecule has 23 heavy (non-hydrogen) atoms. The fraction of sp³-hybridized carbons (Fsp3) is 0.571. The van der Waals surface area contributed by atoms with E-state index in [9.17, 15) is 4.39 Å². The Morgan fingerprint density at radius 1 is 1.57 bits per heavy atom. The molecule has 0 aromatic carbocycles. The van der Waals surface area contributed by atoms with Gasteiger partial charge in [-0.1, -0.05) is 11.6 Å². The number of aromatic nitrogens is 3. The second kappa shape index (κ2) is 6.86. The van der Waals surface area contributed by atoms with Crippen LogP contribution < -0.4 is 11.1 Å². The summed E-state index contributed by atoms with van der Waals surface area (Å²) in [6, 6.07) is 1.36. The minimum absolute atomic E-state index is 0.269. The zero-order valence-corrected chi connectivity index (χ0v) is 13.6. The topological polar surface area (TPSA) is 80.7 Å². The molecule has 3 N–H and O–H groups in total. The molecule has 0 saturated carbocycles. The van der Waals surface area contributed by atoms with E-state index in [0.717, 1.165) is 13.1 Å². The third-order valence-electron chi connectivity index (χ3n) is 4.04. The van der Waals surface area contributed by atoms with E-state index in [0.29, 0.717) is 36.1 Å². The smallest absolute Gasteiger partial charge is 0.243 e. The van der Waals surface area contributed by atoms with Crippen molar-refractivity contribution in [2.45, 2.75) is 18.6 Å². The Kier molecular flexibility index (Phi) is 4.84. The summed E-state index contributed by atoms with van der Waals surface area (Å²) in [6.45, 7) is 2.51. The van der Waals surface area contributed by atoms with Crippen molar-refractivity contribution in [3.63, 3.8) is 0 Å². The van der Waals surface area contributed by atoms with Crippen molar-refractivity contribution in [1.82, 2.24) is 19.5 Å². The molecule has 2 aromatic heterocycles. The van der Waals surface area contributed by atoms with Crippen molar-refractivity contribution in [3.05, 3.63) is 17.3 Å². The Balaban J connectivity index is 1.68. The number of rotatable bonds is 5. The summed E-state index contributed by atoms with van der Waals surface area (Å²) in [6.07, 6.45) is 1.36. The van der Waals surface area contributed by atoms with E-state index in [4.69, 9.17) is 22.1 Å². The molecular formula is C14H20ClFN6O. The van der Waals surface area contributed by atoms with Crippen molar-refractivity contribution in [1.29, 1.82) is 0 Å². The lowest BCUT2D eigenvalue weighted by molar-refractivity contribution is 0.0918. The number of anilines is 2. The van der Waals surface area contributed by atoms with E-state index in [1.807, 2.05) is 0 Å². The normalized spacial score (nSPS) is 22.6. The van der Waals surface area contributed by atoms with Crippen LogP contribution in [0.25, 0.3) is 5.52 Å². The first kappa shape index (κ1) is 16.2. The maximum atomic E-state index is 14.4. The van der Waals surface area contributed by atoms with E-state index in [1.54, 1.807) is 23.9 Å². The molecule has 1 fully saturated rings. The first-order valence-corrected chi connectivity index (χ1v) is 7.88. The van der Waals surface area contributed by atoms with Gasteiger partial charge in [0.25, 0.3) is 0 Å². The highest BCUT2D eigenvalue weighted by atomic mass is 35.5. The van der Waals surface area contributed by atoms with Gasteiger partial charge in [-0.3, -0.25) is 4.90 Å². The standard InChI is InChI=1S/C14H20ClFN6O/c1-23-7-6-21-4-3-11(10(16)8-21)18-14-19-13(17)12-9(15)2-5-22(12)20-14/h2,5,10-11H,3-4,6-8H2,1H3,(H3,17,18,19,20)/t10-,11+/m1/s1. The molecule has 9 heteroatoms. The van der Waals surface area contributed by atoms with Crippen molar-refractivity contribution in [2.24, 2.45) is 0 Å². The van der Waals surface area contributed by atoms with Gasteiger partial charge >= 0.3 is 0 Å². The summed E-state index contributed by atoms with van der Waals surface area (Å²) in [5, 5.41) is 7.82. The van der Waals surface area contributed by atoms with Crippen LogP contribution in [0.2, 0.25) is 5.02 Å². The Labute approximate surface area is 138 Å². The van der Waals surface area contributed by atoms with Crippen molar-refractivity contribution >= 4 is 28.9 Å². The van der Waals surface area contributed by atoms with Crippen LogP contribution in [-0.4, -0.2) is 65.1 Å². The summed E-state index contributed by atoms with van der Waals surface area (Å²) in [4.78, 5) is 6.23. The molecule has 7 nitrogen and oxygen atoms in total. The van der Waals surface area contributed by atoms with E-state index in [2.05, 4.69) is 20.3 Å². The predicted octanol–water partition coefficient (Wildman–Crippen LogP) is 1.44. The largest absolute Gasteiger partial charge is 0.383 e. The number of nitrogens with zero attached hydrogens (tertiary/aromatic N) is 4. The molecule has 3 rings (SSSR count). The number of fused-ring (bicyclic) bond motifs is 1. The number of nitrogens with one attached hydrogen (secondary N) is 1. The molecule has 3 heterocycles. The highest BCUT2D eigenvalue weighted by Crippen LogP contribution is 2.24. The third-order valence-corrected chi connectivity index (χ3v) is 4.35. The van der Waals surface area contributed by atoms with Gasteiger partial charge in [-0.15, -0.1) is 5.10 Å². The predicted molar refractivity (Wildman–Crippen MR) is 87.6 cm³/mol. The van der Waals surface area contributed by atoms with Crippen LogP contribution in [0.5, 0.6) is 0 Å². The summed E-state index contributed by atoms with van der Waals surface area (Å²) in [7, 11) is 1.65. The van der Waals surface area contributed by atoms with E-state index in [-0.39, 0.29) is 11.9 Å². The second-order valence-corrected chi connectivity index (χ2v) is 6.03. The number of likely N-dealkylation sites (tertiary alicyclic amines) is 1. The summed E-state index contributed by atoms with van der Waals surface area (Å²) in [5.74, 6) is 0.575. The molecule has 126 valence electrons. The highest BCUT2D eigenvalue weighted by Gasteiger charge is 2.29. The number of hydrogen-bond donors (Lipinski definition) is 2. The molecule has 1 aliphatic rings. The third kappa shape index (κ3) is 3.49. The molecule has 0 unspecified atom stereocenters. The van der Waals surface area contributed by atoms with Gasteiger partial charge in [0.1, 0.15) is 11.7 Å². The zero-order chi connectivity index (χ0) is 16.4. The van der Waals surface area contributed by atoms with Gasteiger partial charge < -0.3 is 15.8 Å². The second-order valence-electron chi connectivity index (χ2n) is 5.63. The molecule has 0 amide bonds. The van der Waals surface area contributed by atoms with Gasteiger partial charge in [-0.05, 0) is 12.5 Å². The Hall–Kier alpha value is -1.64. The fourth-order valence-electron chi connectivity index (χ4n) is 2.79. The molecule has 1 saturated heterocycles. The number of piperidine rings is 1. The Bertz CT molecular complexity index is 681. The van der Waals surface area contributed by atoms with Gasteiger partial charge in [-0.25, -0.2) is 8.91 Å². The van der Waals surface area contributed by atoms with E-state index in [1.165, 1.54) is 0 Å². The summed E-state index contributed by atoms with van der Waals surface area (Å²) < 4.78 is 21.0. The van der Waals surface area contributed by atoms with Gasteiger partial charge in [-0.2, -0.15) is 4.98 Å². The lowest BCUT2D eigenvalue weighted by Gasteiger charge is -2.34. The molecule has 1 aliphatic heterocycles. The van der Waals surface area contributed by atoms with Gasteiger partial charge in [0.05, 0.1) is 17.7 Å². The Morgan fingerprint density at radius 3 is 3.13 bits per heavy atom. The van der Waals surface area contributed by atoms with E-state index >= 15 is 0 Å². The molecular weight excluding hydrogens is 323 g/mol. The molecule has 0 bridgehead atoms. The van der Waals surface area contributed by atoms with Crippen LogP contribution in [0, 0.1) is 0 Å². The summed E-state index contributed by atoms with van der Waals surface area (Å²) >= 11 is 6.03. The average molecular weight is 343 g/mol. The van der Waals surface area contributed by atoms with Gasteiger partial charge in [0.2, 0.25) is 5.95 Å². The Morgan fingerprint density at radius 2 is 2.39 bits per heavy atom. The van der Waals surface area contributed by atoms with Crippen molar-refractivity contribution in [2.75, 3.05) is 44.4 Å². The number of nitrogen functional groups attached to an aromatic ring is 1. The lowest BCUT2D eigenvalue weighted by atomic mass is 10.0. The fourth-order valence-corrected chi connectivity index (χ4v) is 3.03. The first-order valence-electron chi connectivity index (χ1n) is 7.50. The number of alkyl halides is 1. The van der Waals surface area contributed by atoms with Crippen molar-refractivity contribution in [3.8, 4) is 0 Å². The van der Waals surface area contributed by atoms with Crippen LogP contribution in [0.1, 0.15) is 6.42 Å². The zero-order valence-electron chi connectivity index (χ0n) is 12.9. The van der Waals surface area contributed by atoms with Gasteiger partial charge in [0.15, 0.2) is 5.82 Å².